The van der Waals surface area contributed by atoms with E-state index in [2.05, 4.69) is 10.2 Å². The standard InChI is InChI=1S/C17H23FN2O3/c1-17(22-9-10-23-17)13-5-4-8-20(11-13)12-16(21)19-15-7-3-2-6-14(15)18/h2-3,6-7,13H,4-5,8-12H2,1H3,(H,19,21)/t13-/m0/s1. The van der Waals surface area contributed by atoms with Crippen molar-refractivity contribution in [2.75, 3.05) is 38.2 Å². The lowest BCUT2D eigenvalue weighted by atomic mass is 9.90. The molecule has 5 nitrogen and oxygen atoms in total. The van der Waals surface area contributed by atoms with Gasteiger partial charge in [-0.3, -0.25) is 9.69 Å². The third kappa shape index (κ3) is 3.88. The number of ether oxygens (including phenoxy) is 2. The molecule has 6 heteroatoms. The SMILES string of the molecule is CC1([C@H]2CCCN(CC(=O)Nc3ccccc3F)C2)OCCO1. The zero-order chi connectivity index (χ0) is 16.3. The average Bonchev–Trinajstić information content (AvgIpc) is 2.98. The Morgan fingerprint density at radius 2 is 2.13 bits per heavy atom. The van der Waals surface area contributed by atoms with Crippen LogP contribution in [0.1, 0.15) is 19.8 Å². The van der Waals surface area contributed by atoms with E-state index in [0.29, 0.717) is 13.2 Å². The molecule has 2 aliphatic heterocycles. The van der Waals surface area contributed by atoms with Crippen LogP contribution in [0.4, 0.5) is 10.1 Å². The van der Waals surface area contributed by atoms with Crippen LogP contribution >= 0.6 is 0 Å². The topological polar surface area (TPSA) is 50.8 Å². The summed E-state index contributed by atoms with van der Waals surface area (Å²) in [6.45, 7) is 5.09. The molecule has 1 aromatic rings. The third-order valence-electron chi connectivity index (χ3n) is 4.62. The molecule has 1 atom stereocenters. The number of piperidine rings is 1. The summed E-state index contributed by atoms with van der Waals surface area (Å²) < 4.78 is 25.1. The minimum atomic E-state index is -0.541. The number of hydrogen-bond acceptors (Lipinski definition) is 4. The maximum Gasteiger partial charge on any atom is 0.238 e. The van der Waals surface area contributed by atoms with Crippen LogP contribution in [0.15, 0.2) is 24.3 Å². The Kier molecular flexibility index (Phi) is 4.94. The molecule has 2 heterocycles. The fourth-order valence-electron chi connectivity index (χ4n) is 3.35. The third-order valence-corrected chi connectivity index (χ3v) is 4.62. The van der Waals surface area contributed by atoms with E-state index in [1.54, 1.807) is 18.2 Å². The normalized spacial score (nSPS) is 24.5. The Labute approximate surface area is 135 Å². The first-order valence-corrected chi connectivity index (χ1v) is 8.11. The molecular formula is C17H23FN2O3. The number of carbonyl (C=O) groups is 1. The van der Waals surface area contributed by atoms with Crippen LogP contribution in [0.5, 0.6) is 0 Å². The van der Waals surface area contributed by atoms with Gasteiger partial charge in [-0.1, -0.05) is 12.1 Å². The number of nitrogens with one attached hydrogen (secondary N) is 1. The van der Waals surface area contributed by atoms with E-state index in [9.17, 15) is 9.18 Å². The molecule has 2 fully saturated rings. The van der Waals surface area contributed by atoms with Crippen LogP contribution in [-0.2, 0) is 14.3 Å². The maximum atomic E-state index is 13.6. The summed E-state index contributed by atoms with van der Waals surface area (Å²) in [5.74, 6) is -0.910. The Bertz CT molecular complexity index is 561. The smallest absolute Gasteiger partial charge is 0.238 e. The lowest BCUT2D eigenvalue weighted by Crippen LogP contribution is -2.48. The molecule has 0 bridgehead atoms. The van der Waals surface area contributed by atoms with Crippen LogP contribution in [-0.4, -0.2) is 49.4 Å². The average molecular weight is 322 g/mol. The molecule has 1 aromatic carbocycles. The highest BCUT2D eigenvalue weighted by atomic mass is 19.1. The maximum absolute atomic E-state index is 13.6. The minimum Gasteiger partial charge on any atom is -0.347 e. The predicted octanol–water partition coefficient (Wildman–Crippen LogP) is 2.24. The zero-order valence-electron chi connectivity index (χ0n) is 13.4. The lowest BCUT2D eigenvalue weighted by molar-refractivity contribution is -0.192. The molecular weight excluding hydrogens is 299 g/mol. The number of halogens is 1. The predicted molar refractivity (Wildman–Crippen MR) is 84.5 cm³/mol. The second kappa shape index (κ2) is 6.95. The lowest BCUT2D eigenvalue weighted by Gasteiger charge is -2.39. The summed E-state index contributed by atoms with van der Waals surface area (Å²) in [5.41, 5.74) is 0.223. The van der Waals surface area contributed by atoms with E-state index < -0.39 is 11.6 Å². The highest BCUT2D eigenvalue weighted by Gasteiger charge is 2.41. The number of rotatable bonds is 4. The molecule has 3 rings (SSSR count). The molecule has 0 saturated carbocycles. The van der Waals surface area contributed by atoms with Gasteiger partial charge in [0.1, 0.15) is 5.82 Å². The van der Waals surface area contributed by atoms with Gasteiger partial charge in [0.25, 0.3) is 0 Å². The molecule has 23 heavy (non-hydrogen) atoms. The van der Waals surface area contributed by atoms with E-state index >= 15 is 0 Å². The molecule has 2 saturated heterocycles. The van der Waals surface area contributed by atoms with Gasteiger partial charge in [0.05, 0.1) is 25.4 Å². The number of carbonyl (C=O) groups excluding carboxylic acids is 1. The van der Waals surface area contributed by atoms with Gasteiger partial charge in [0.15, 0.2) is 5.79 Å². The Hall–Kier alpha value is -1.50. The Morgan fingerprint density at radius 1 is 1.39 bits per heavy atom. The van der Waals surface area contributed by atoms with E-state index in [-0.39, 0.29) is 24.1 Å². The van der Waals surface area contributed by atoms with Crippen LogP contribution in [0.2, 0.25) is 0 Å². The summed E-state index contributed by atoms with van der Waals surface area (Å²) in [4.78, 5) is 14.2. The first kappa shape index (κ1) is 16.4. The van der Waals surface area contributed by atoms with Crippen LogP contribution in [0.3, 0.4) is 0 Å². The highest BCUT2D eigenvalue weighted by molar-refractivity contribution is 5.92. The minimum absolute atomic E-state index is 0.200. The number of nitrogens with zero attached hydrogens (tertiary/aromatic N) is 1. The second-order valence-corrected chi connectivity index (χ2v) is 6.32. The van der Waals surface area contributed by atoms with Gasteiger partial charge in [-0.2, -0.15) is 0 Å². The van der Waals surface area contributed by atoms with Gasteiger partial charge >= 0.3 is 0 Å². The first-order valence-electron chi connectivity index (χ1n) is 8.11. The summed E-state index contributed by atoms with van der Waals surface area (Å²) >= 11 is 0. The summed E-state index contributed by atoms with van der Waals surface area (Å²) in [7, 11) is 0. The van der Waals surface area contributed by atoms with Gasteiger partial charge in [0.2, 0.25) is 5.91 Å². The van der Waals surface area contributed by atoms with E-state index in [1.807, 2.05) is 6.92 Å². The fourth-order valence-corrected chi connectivity index (χ4v) is 3.35. The van der Waals surface area contributed by atoms with E-state index in [4.69, 9.17) is 9.47 Å². The number of amides is 1. The largest absolute Gasteiger partial charge is 0.347 e. The van der Waals surface area contributed by atoms with Crippen LogP contribution < -0.4 is 5.32 Å². The molecule has 0 radical (unpaired) electrons. The summed E-state index contributed by atoms with van der Waals surface area (Å²) in [5, 5.41) is 2.63. The molecule has 0 unspecified atom stereocenters. The summed E-state index contributed by atoms with van der Waals surface area (Å²) in [6, 6.07) is 6.20. The number of hydrogen-bond donors (Lipinski definition) is 1. The van der Waals surface area contributed by atoms with Crippen molar-refractivity contribution in [3.8, 4) is 0 Å². The van der Waals surface area contributed by atoms with Crippen molar-refractivity contribution in [2.45, 2.75) is 25.6 Å². The van der Waals surface area contributed by atoms with Gasteiger partial charge in [-0.25, -0.2) is 4.39 Å². The Morgan fingerprint density at radius 3 is 2.87 bits per heavy atom. The first-order chi connectivity index (χ1) is 11.1. The number of benzene rings is 1. The van der Waals surface area contributed by atoms with Crippen molar-refractivity contribution in [2.24, 2.45) is 5.92 Å². The van der Waals surface area contributed by atoms with Crippen molar-refractivity contribution in [1.82, 2.24) is 4.90 Å². The van der Waals surface area contributed by atoms with Crippen LogP contribution in [0.25, 0.3) is 0 Å². The monoisotopic (exact) mass is 322 g/mol. The van der Waals surface area contributed by atoms with Crippen molar-refractivity contribution < 1.29 is 18.7 Å². The molecule has 0 spiro atoms. The number of likely N-dealkylation sites (tertiary alicyclic amines) is 1. The molecule has 0 aliphatic carbocycles. The number of anilines is 1. The van der Waals surface area contributed by atoms with Crippen LogP contribution in [0, 0.1) is 11.7 Å². The fraction of sp³-hybridized carbons (Fsp3) is 0.588. The van der Waals surface area contributed by atoms with Gasteiger partial charge in [-0.05, 0) is 38.4 Å². The van der Waals surface area contributed by atoms with Gasteiger partial charge in [-0.15, -0.1) is 0 Å². The van der Waals surface area contributed by atoms with Gasteiger partial charge < -0.3 is 14.8 Å². The molecule has 126 valence electrons. The van der Waals surface area contributed by atoms with Crippen molar-refractivity contribution in [3.05, 3.63) is 30.1 Å². The number of para-hydroxylation sites is 1. The van der Waals surface area contributed by atoms with Crippen molar-refractivity contribution >= 4 is 11.6 Å². The highest BCUT2D eigenvalue weighted by Crippen LogP contribution is 2.33. The molecule has 1 amide bonds. The van der Waals surface area contributed by atoms with Crippen molar-refractivity contribution in [3.63, 3.8) is 0 Å². The van der Waals surface area contributed by atoms with E-state index in [1.165, 1.54) is 6.07 Å². The zero-order valence-corrected chi connectivity index (χ0v) is 13.4. The van der Waals surface area contributed by atoms with E-state index in [0.717, 1.165) is 25.9 Å². The van der Waals surface area contributed by atoms with Crippen molar-refractivity contribution in [1.29, 1.82) is 0 Å². The molecule has 1 N–H and O–H groups in total. The van der Waals surface area contributed by atoms with Gasteiger partial charge in [0, 0.05) is 12.5 Å². The second-order valence-electron chi connectivity index (χ2n) is 6.32. The quantitative estimate of drug-likeness (QED) is 0.924. The summed E-state index contributed by atoms with van der Waals surface area (Å²) in [6.07, 6.45) is 2.03. The Balaban J connectivity index is 1.55. The molecule has 2 aliphatic rings. The molecule has 0 aromatic heterocycles.